The Bertz CT molecular complexity index is 936. The molecule has 2 amide bonds. The molecule has 2 aromatic rings. The van der Waals surface area contributed by atoms with Crippen molar-refractivity contribution in [1.82, 2.24) is 10.6 Å². The molecular weight excluding hydrogens is 410 g/mol. The van der Waals surface area contributed by atoms with E-state index in [9.17, 15) is 9.59 Å². The predicted octanol–water partition coefficient (Wildman–Crippen LogP) is 4.77. The van der Waals surface area contributed by atoms with E-state index in [2.05, 4.69) is 29.8 Å². The van der Waals surface area contributed by atoms with Crippen molar-refractivity contribution in [2.75, 3.05) is 11.9 Å². The molecular formula is C24H31N3O3S. The van der Waals surface area contributed by atoms with Crippen LogP contribution in [-0.2, 0) is 0 Å². The van der Waals surface area contributed by atoms with Crippen LogP contribution < -0.4 is 20.7 Å². The van der Waals surface area contributed by atoms with Gasteiger partial charge >= 0.3 is 0 Å². The first-order valence-electron chi connectivity index (χ1n) is 10.3. The Morgan fingerprint density at radius 1 is 1.00 bits per heavy atom. The largest absolute Gasteiger partial charge is 0.494 e. The van der Waals surface area contributed by atoms with Gasteiger partial charge in [-0.1, -0.05) is 26.0 Å². The van der Waals surface area contributed by atoms with Crippen molar-refractivity contribution in [2.24, 2.45) is 5.92 Å². The summed E-state index contributed by atoms with van der Waals surface area (Å²) in [5.41, 5.74) is 1.22. The Balaban J connectivity index is 1.96. The lowest BCUT2D eigenvalue weighted by atomic mass is 10.1. The first kappa shape index (κ1) is 24.3. The average Bonchev–Trinajstić information content (AvgIpc) is 2.66. The molecule has 166 valence electrons. The number of carbonyl (C=O) groups excluding carboxylic acids is 2. The summed E-state index contributed by atoms with van der Waals surface area (Å²) in [5.74, 6) is 0.673. The van der Waals surface area contributed by atoms with Gasteiger partial charge in [0.25, 0.3) is 11.8 Å². The maximum atomic E-state index is 12.6. The second kappa shape index (κ2) is 10.9. The van der Waals surface area contributed by atoms with Crippen molar-refractivity contribution in [3.05, 3.63) is 59.7 Å². The van der Waals surface area contributed by atoms with Gasteiger partial charge in [0.05, 0.1) is 6.61 Å². The molecule has 0 fully saturated rings. The molecule has 0 aliphatic heterocycles. The summed E-state index contributed by atoms with van der Waals surface area (Å²) < 4.78 is 5.71. The Hall–Kier alpha value is -2.93. The van der Waals surface area contributed by atoms with Gasteiger partial charge in [0.15, 0.2) is 5.11 Å². The highest BCUT2D eigenvalue weighted by Gasteiger charge is 2.16. The maximum absolute atomic E-state index is 12.6. The van der Waals surface area contributed by atoms with E-state index in [1.165, 1.54) is 0 Å². The van der Waals surface area contributed by atoms with E-state index in [0.29, 0.717) is 35.1 Å². The fourth-order valence-electron chi connectivity index (χ4n) is 2.63. The first-order valence-corrected chi connectivity index (χ1v) is 10.7. The normalized spacial score (nSPS) is 11.0. The third-order valence-electron chi connectivity index (χ3n) is 4.16. The standard InChI is InChI=1S/C24H31N3O3S/c1-16(2)12-13-30-20-11-7-9-18(15-20)21(28)26-23(31)25-19-10-6-8-17(14-19)22(29)27-24(3,4)5/h6-11,14-16H,12-13H2,1-5H3,(H,27,29)(H2,25,26,28,31). The van der Waals surface area contributed by atoms with E-state index in [0.717, 1.165) is 6.42 Å². The van der Waals surface area contributed by atoms with Crippen molar-refractivity contribution in [1.29, 1.82) is 0 Å². The highest BCUT2D eigenvalue weighted by atomic mass is 32.1. The molecule has 0 saturated carbocycles. The summed E-state index contributed by atoms with van der Waals surface area (Å²) in [6, 6.07) is 13.9. The molecule has 31 heavy (non-hydrogen) atoms. The van der Waals surface area contributed by atoms with E-state index in [1.807, 2.05) is 26.8 Å². The second-order valence-corrected chi connectivity index (χ2v) is 9.16. The summed E-state index contributed by atoms with van der Waals surface area (Å²) in [7, 11) is 0. The molecule has 7 heteroatoms. The van der Waals surface area contributed by atoms with Crippen molar-refractivity contribution < 1.29 is 14.3 Å². The van der Waals surface area contributed by atoms with Gasteiger partial charge in [-0.15, -0.1) is 0 Å². The van der Waals surface area contributed by atoms with Crippen LogP contribution in [0.1, 0.15) is 61.8 Å². The quantitative estimate of drug-likeness (QED) is 0.540. The van der Waals surface area contributed by atoms with E-state index in [4.69, 9.17) is 17.0 Å². The van der Waals surface area contributed by atoms with Gasteiger partial charge in [-0.3, -0.25) is 14.9 Å². The zero-order valence-electron chi connectivity index (χ0n) is 18.7. The number of hydrogen-bond donors (Lipinski definition) is 3. The Labute approximate surface area is 189 Å². The van der Waals surface area contributed by atoms with Crippen LogP contribution in [0.4, 0.5) is 5.69 Å². The van der Waals surface area contributed by atoms with Crippen LogP contribution in [0.5, 0.6) is 5.75 Å². The average molecular weight is 442 g/mol. The lowest BCUT2D eigenvalue weighted by molar-refractivity contribution is 0.0918. The van der Waals surface area contributed by atoms with Crippen LogP contribution in [0.2, 0.25) is 0 Å². The summed E-state index contributed by atoms with van der Waals surface area (Å²) in [4.78, 5) is 24.9. The molecule has 0 unspecified atom stereocenters. The molecule has 0 spiro atoms. The summed E-state index contributed by atoms with van der Waals surface area (Å²) in [6.07, 6.45) is 0.942. The summed E-state index contributed by atoms with van der Waals surface area (Å²) in [5, 5.41) is 8.67. The van der Waals surface area contributed by atoms with E-state index in [-0.39, 0.29) is 22.5 Å². The lowest BCUT2D eigenvalue weighted by Crippen LogP contribution is -2.40. The van der Waals surface area contributed by atoms with Gasteiger partial charge < -0.3 is 15.4 Å². The Kier molecular flexibility index (Phi) is 8.56. The highest BCUT2D eigenvalue weighted by molar-refractivity contribution is 7.80. The number of rotatable bonds is 7. The molecule has 2 rings (SSSR count). The fraction of sp³-hybridized carbons (Fsp3) is 0.375. The van der Waals surface area contributed by atoms with E-state index >= 15 is 0 Å². The van der Waals surface area contributed by atoms with Crippen molar-refractivity contribution in [3.63, 3.8) is 0 Å². The fourth-order valence-corrected chi connectivity index (χ4v) is 2.84. The molecule has 3 N–H and O–H groups in total. The SMILES string of the molecule is CC(C)CCOc1cccc(C(=O)NC(=S)Nc2cccc(C(=O)NC(C)(C)C)c2)c1. The number of carbonyl (C=O) groups is 2. The molecule has 0 aliphatic carbocycles. The number of hydrogen-bond acceptors (Lipinski definition) is 4. The molecule has 0 aliphatic rings. The van der Waals surface area contributed by atoms with Crippen molar-refractivity contribution in [3.8, 4) is 5.75 Å². The molecule has 2 aromatic carbocycles. The van der Waals surface area contributed by atoms with Crippen LogP contribution in [0, 0.1) is 5.92 Å². The summed E-state index contributed by atoms with van der Waals surface area (Å²) >= 11 is 5.27. The molecule has 0 aromatic heterocycles. The van der Waals surface area contributed by atoms with Gasteiger partial charge in [-0.25, -0.2) is 0 Å². The minimum atomic E-state index is -0.339. The second-order valence-electron chi connectivity index (χ2n) is 8.75. The van der Waals surface area contributed by atoms with Crippen LogP contribution in [0.3, 0.4) is 0 Å². The summed E-state index contributed by atoms with van der Waals surface area (Å²) in [6.45, 7) is 10.6. The van der Waals surface area contributed by atoms with Crippen LogP contribution in [0.15, 0.2) is 48.5 Å². The smallest absolute Gasteiger partial charge is 0.257 e. The van der Waals surface area contributed by atoms with Gasteiger partial charge in [-0.05, 0) is 81.7 Å². The number of anilines is 1. The number of amides is 2. The van der Waals surface area contributed by atoms with Crippen molar-refractivity contribution >= 4 is 34.8 Å². The molecule has 0 radical (unpaired) electrons. The third-order valence-corrected chi connectivity index (χ3v) is 4.36. The van der Waals surface area contributed by atoms with Crippen LogP contribution >= 0.6 is 12.2 Å². The number of benzene rings is 2. The van der Waals surface area contributed by atoms with Crippen LogP contribution in [-0.4, -0.2) is 29.1 Å². The minimum absolute atomic E-state index is 0.143. The molecule has 0 atom stereocenters. The maximum Gasteiger partial charge on any atom is 0.257 e. The van der Waals surface area contributed by atoms with Gasteiger partial charge in [0.1, 0.15) is 5.75 Å². The van der Waals surface area contributed by atoms with Gasteiger partial charge in [0, 0.05) is 22.4 Å². The lowest BCUT2D eigenvalue weighted by Gasteiger charge is -2.20. The molecule has 6 nitrogen and oxygen atoms in total. The van der Waals surface area contributed by atoms with E-state index in [1.54, 1.807) is 42.5 Å². The zero-order chi connectivity index (χ0) is 23.0. The number of thiocarbonyl (C=S) groups is 1. The zero-order valence-corrected chi connectivity index (χ0v) is 19.6. The Morgan fingerprint density at radius 3 is 2.29 bits per heavy atom. The van der Waals surface area contributed by atoms with Crippen molar-refractivity contribution in [2.45, 2.75) is 46.6 Å². The predicted molar refractivity (Wildman–Crippen MR) is 129 cm³/mol. The molecule has 0 heterocycles. The monoisotopic (exact) mass is 441 g/mol. The minimum Gasteiger partial charge on any atom is -0.494 e. The first-order chi connectivity index (χ1) is 14.5. The topological polar surface area (TPSA) is 79.5 Å². The molecule has 0 bridgehead atoms. The van der Waals surface area contributed by atoms with Gasteiger partial charge in [0.2, 0.25) is 0 Å². The number of nitrogens with one attached hydrogen (secondary N) is 3. The number of ether oxygens (including phenoxy) is 1. The molecule has 0 saturated heterocycles. The highest BCUT2D eigenvalue weighted by Crippen LogP contribution is 2.15. The Morgan fingerprint density at radius 2 is 1.65 bits per heavy atom. The third kappa shape index (κ3) is 8.76. The van der Waals surface area contributed by atoms with Gasteiger partial charge in [-0.2, -0.15) is 0 Å². The van der Waals surface area contributed by atoms with Crippen LogP contribution in [0.25, 0.3) is 0 Å². The van der Waals surface area contributed by atoms with E-state index < -0.39 is 0 Å².